The van der Waals surface area contributed by atoms with Crippen LogP contribution in [-0.4, -0.2) is 18.9 Å². The van der Waals surface area contributed by atoms with Gasteiger partial charge in [0.05, 0.1) is 9.82 Å². The predicted molar refractivity (Wildman–Crippen MR) is 78.1 cm³/mol. The summed E-state index contributed by atoms with van der Waals surface area (Å²) in [7, 11) is -3.73. The molecule has 4 N–H and O–H groups in total. The molecule has 0 bridgehead atoms. The second-order valence-corrected chi connectivity index (χ2v) is 6.86. The van der Waals surface area contributed by atoms with Crippen molar-refractivity contribution in [1.29, 1.82) is 0 Å². The number of hydrazine groups is 1. The summed E-state index contributed by atoms with van der Waals surface area (Å²) in [5, 5.41) is 10.8. The third-order valence-electron chi connectivity index (χ3n) is 3.97. The van der Waals surface area contributed by atoms with Gasteiger partial charge < -0.3 is 5.43 Å². The Balaban J connectivity index is 2.34. The first-order valence-corrected chi connectivity index (χ1v) is 8.11. The van der Waals surface area contributed by atoms with Crippen LogP contribution in [0.2, 0.25) is 0 Å². The second-order valence-electron chi connectivity index (χ2n) is 5.17. The largest absolute Gasteiger partial charge is 0.318 e. The molecular weight excluding hydrogens is 296 g/mol. The molecule has 0 spiro atoms. The number of hydrogen-bond acceptors (Lipinski definition) is 6. The van der Waals surface area contributed by atoms with Crippen LogP contribution in [0.3, 0.4) is 0 Å². The molecule has 0 unspecified atom stereocenters. The van der Waals surface area contributed by atoms with Crippen molar-refractivity contribution < 1.29 is 13.3 Å². The van der Waals surface area contributed by atoms with Gasteiger partial charge in [0.2, 0.25) is 10.0 Å². The van der Waals surface area contributed by atoms with E-state index in [-0.39, 0.29) is 16.3 Å². The number of nitro benzene ring substituents is 1. The number of nitrogens with one attached hydrogen (secondary N) is 2. The Bertz CT molecular complexity index is 650. The third-order valence-corrected chi connectivity index (χ3v) is 5.55. The average molecular weight is 314 g/mol. The highest BCUT2D eigenvalue weighted by Crippen LogP contribution is 2.36. The lowest BCUT2D eigenvalue weighted by atomic mass is 9.76. The highest BCUT2D eigenvalue weighted by Gasteiger charge is 2.39. The number of anilines is 1. The minimum atomic E-state index is -3.73. The molecule has 1 aromatic carbocycles. The topological polar surface area (TPSA) is 127 Å². The van der Waals surface area contributed by atoms with Gasteiger partial charge in [-0.3, -0.25) is 16.0 Å². The lowest BCUT2D eigenvalue weighted by Crippen LogP contribution is -2.52. The molecule has 2 rings (SSSR count). The van der Waals surface area contributed by atoms with Crippen molar-refractivity contribution in [2.45, 2.75) is 43.0 Å². The van der Waals surface area contributed by atoms with Crippen LogP contribution in [0.5, 0.6) is 0 Å². The van der Waals surface area contributed by atoms with Gasteiger partial charge in [0.1, 0.15) is 5.69 Å². The maximum Gasteiger partial charge on any atom is 0.293 e. The van der Waals surface area contributed by atoms with Gasteiger partial charge in [-0.2, -0.15) is 0 Å². The molecule has 0 heterocycles. The zero-order chi connectivity index (χ0) is 15.7. The summed E-state index contributed by atoms with van der Waals surface area (Å²) in [5.41, 5.74) is 1.46. The zero-order valence-electron chi connectivity index (χ0n) is 11.6. The molecule has 8 nitrogen and oxygen atoms in total. The first kappa shape index (κ1) is 15.7. The van der Waals surface area contributed by atoms with Crippen LogP contribution in [-0.2, 0) is 10.0 Å². The first-order valence-electron chi connectivity index (χ1n) is 6.62. The van der Waals surface area contributed by atoms with Gasteiger partial charge >= 0.3 is 0 Å². The van der Waals surface area contributed by atoms with Crippen LogP contribution in [0.4, 0.5) is 11.4 Å². The highest BCUT2D eigenvalue weighted by molar-refractivity contribution is 7.89. The average Bonchev–Trinajstić information content (AvgIpc) is 2.42. The lowest BCUT2D eigenvalue weighted by Gasteiger charge is -2.41. The van der Waals surface area contributed by atoms with E-state index >= 15 is 0 Å². The Morgan fingerprint density at radius 1 is 1.43 bits per heavy atom. The summed E-state index contributed by atoms with van der Waals surface area (Å²) in [6, 6.07) is 3.51. The van der Waals surface area contributed by atoms with Gasteiger partial charge in [0, 0.05) is 11.6 Å². The first-order chi connectivity index (χ1) is 9.83. The number of rotatable bonds is 6. The van der Waals surface area contributed by atoms with Crippen molar-refractivity contribution in [2.24, 2.45) is 5.84 Å². The summed E-state index contributed by atoms with van der Waals surface area (Å²) in [5.74, 6) is 5.22. The summed E-state index contributed by atoms with van der Waals surface area (Å²) >= 11 is 0. The van der Waals surface area contributed by atoms with Gasteiger partial charge in [0.25, 0.3) is 5.69 Å². The molecule has 0 radical (unpaired) electrons. The maximum atomic E-state index is 12.4. The predicted octanol–water partition coefficient (Wildman–Crippen LogP) is 1.49. The number of sulfonamides is 1. The summed E-state index contributed by atoms with van der Waals surface area (Å²) in [4.78, 5) is 10.1. The normalized spacial score (nSPS) is 17.0. The fourth-order valence-electron chi connectivity index (χ4n) is 2.43. The Kier molecular flexibility index (Phi) is 4.17. The summed E-state index contributed by atoms with van der Waals surface area (Å²) in [6.45, 7) is 1.93. The van der Waals surface area contributed by atoms with E-state index < -0.39 is 20.5 Å². The fourth-order valence-corrected chi connectivity index (χ4v) is 3.99. The number of hydrogen-bond donors (Lipinski definition) is 3. The molecular formula is C12H18N4O4S. The molecule has 1 aliphatic rings. The number of benzene rings is 1. The zero-order valence-corrected chi connectivity index (χ0v) is 12.4. The number of nitrogens with two attached hydrogens (primary N) is 1. The molecule has 21 heavy (non-hydrogen) atoms. The van der Waals surface area contributed by atoms with Crippen molar-refractivity contribution in [2.75, 3.05) is 5.43 Å². The van der Waals surface area contributed by atoms with Crippen LogP contribution in [0.15, 0.2) is 23.1 Å². The smallest absolute Gasteiger partial charge is 0.293 e. The third kappa shape index (κ3) is 2.99. The fraction of sp³-hybridized carbons (Fsp3) is 0.500. The van der Waals surface area contributed by atoms with Crippen LogP contribution >= 0.6 is 0 Å². The molecule has 116 valence electrons. The van der Waals surface area contributed by atoms with E-state index in [1.807, 2.05) is 6.92 Å². The Morgan fingerprint density at radius 3 is 2.52 bits per heavy atom. The molecule has 0 aliphatic heterocycles. The Morgan fingerprint density at radius 2 is 2.10 bits per heavy atom. The quantitative estimate of drug-likeness (QED) is 0.414. The van der Waals surface area contributed by atoms with Crippen LogP contribution in [0.1, 0.15) is 32.6 Å². The summed E-state index contributed by atoms with van der Waals surface area (Å²) in [6.07, 6.45) is 3.31. The second kappa shape index (κ2) is 5.58. The van der Waals surface area contributed by atoms with Gasteiger partial charge in [-0.1, -0.05) is 6.92 Å². The standard InChI is InChI=1S/C12H18N4O4S/c1-2-12(6-3-7-12)15-21(19,20)9-4-5-11(16(17)18)10(8-9)14-13/h4-5,8,14-15H,2-3,6-7,13H2,1H3. The maximum absolute atomic E-state index is 12.4. The number of nitrogens with zero attached hydrogens (tertiary/aromatic N) is 1. The number of nitrogen functional groups attached to an aromatic ring is 1. The van der Waals surface area contributed by atoms with Gasteiger partial charge in [-0.25, -0.2) is 13.1 Å². The van der Waals surface area contributed by atoms with Crippen molar-refractivity contribution in [3.63, 3.8) is 0 Å². The van der Waals surface area contributed by atoms with Crippen LogP contribution in [0.25, 0.3) is 0 Å². The number of nitro groups is 1. The molecule has 0 saturated heterocycles. The van der Waals surface area contributed by atoms with E-state index in [0.717, 1.165) is 25.3 Å². The van der Waals surface area contributed by atoms with Crippen molar-refractivity contribution in [3.8, 4) is 0 Å². The highest BCUT2D eigenvalue weighted by atomic mass is 32.2. The molecule has 0 atom stereocenters. The molecule has 9 heteroatoms. The lowest BCUT2D eigenvalue weighted by molar-refractivity contribution is -0.384. The molecule has 0 aromatic heterocycles. The van der Waals surface area contributed by atoms with Crippen LogP contribution < -0.4 is 16.0 Å². The minimum absolute atomic E-state index is 0.0398. The molecule has 1 saturated carbocycles. The van der Waals surface area contributed by atoms with Crippen molar-refractivity contribution in [3.05, 3.63) is 28.3 Å². The van der Waals surface area contributed by atoms with Crippen molar-refractivity contribution >= 4 is 21.4 Å². The minimum Gasteiger partial charge on any atom is -0.318 e. The molecule has 1 fully saturated rings. The Labute approximate surface area is 122 Å². The van der Waals surface area contributed by atoms with E-state index in [9.17, 15) is 18.5 Å². The van der Waals surface area contributed by atoms with E-state index in [1.165, 1.54) is 12.1 Å². The van der Waals surface area contributed by atoms with E-state index in [1.54, 1.807) is 0 Å². The van der Waals surface area contributed by atoms with Gasteiger partial charge in [0.15, 0.2) is 0 Å². The Hall–Kier alpha value is -1.71. The van der Waals surface area contributed by atoms with E-state index in [0.29, 0.717) is 6.42 Å². The molecule has 0 amide bonds. The van der Waals surface area contributed by atoms with E-state index in [2.05, 4.69) is 10.1 Å². The SMILES string of the molecule is CCC1(NS(=O)(=O)c2ccc([N+](=O)[O-])c(NN)c2)CCC1. The molecule has 1 aromatic rings. The van der Waals surface area contributed by atoms with E-state index in [4.69, 9.17) is 5.84 Å². The monoisotopic (exact) mass is 314 g/mol. The van der Waals surface area contributed by atoms with Crippen LogP contribution in [0, 0.1) is 10.1 Å². The molecule has 1 aliphatic carbocycles. The van der Waals surface area contributed by atoms with Crippen molar-refractivity contribution in [1.82, 2.24) is 4.72 Å². The summed E-state index contributed by atoms with van der Waals surface area (Å²) < 4.78 is 27.5. The van der Waals surface area contributed by atoms with Gasteiger partial charge in [-0.15, -0.1) is 0 Å². The van der Waals surface area contributed by atoms with Gasteiger partial charge in [-0.05, 0) is 37.8 Å².